The maximum absolute atomic E-state index is 10.4. The Balaban J connectivity index is 0.000000423. The lowest BCUT2D eigenvalue weighted by molar-refractivity contribution is -0.303. The van der Waals surface area contributed by atoms with Gasteiger partial charge in [0.15, 0.2) is 0 Å². The fraction of sp³-hybridized carbons (Fsp3) is 0.111. The third-order valence-electron chi connectivity index (χ3n) is 1.16. The number of thioether (sulfide) groups is 1. The van der Waals surface area contributed by atoms with Crippen molar-refractivity contribution in [2.24, 2.45) is 11.5 Å². The molecule has 0 amide bonds. The molecule has 82 valence electrons. The van der Waals surface area contributed by atoms with Crippen molar-refractivity contribution in [2.75, 3.05) is 0 Å². The lowest BCUT2D eigenvalue weighted by Crippen LogP contribution is -2.51. The van der Waals surface area contributed by atoms with Crippen molar-refractivity contribution >= 4 is 23.7 Å². The number of hydrogen-bond acceptors (Lipinski definition) is 3. The molecule has 1 heterocycles. The second-order valence-corrected chi connectivity index (χ2v) is 3.53. The van der Waals surface area contributed by atoms with E-state index in [1.165, 1.54) is 11.8 Å². The number of aliphatic carboxylic acids is 1. The molecule has 0 radical (unpaired) electrons. The molecule has 6 heteroatoms. The first-order valence-electron chi connectivity index (χ1n) is 4.03. The van der Waals surface area contributed by atoms with Crippen LogP contribution in [0, 0.1) is 0 Å². The van der Waals surface area contributed by atoms with Crippen LogP contribution in [0.1, 0.15) is 0 Å². The molecular formula is C9H13N3O2S. The zero-order chi connectivity index (χ0) is 11.7. The van der Waals surface area contributed by atoms with Crippen LogP contribution in [0.25, 0.3) is 0 Å². The van der Waals surface area contributed by atoms with Crippen LogP contribution in [-0.4, -0.2) is 17.2 Å². The fourth-order valence-electron chi connectivity index (χ4n) is 0.648. The molecule has 6 N–H and O–H groups in total. The highest BCUT2D eigenvalue weighted by Crippen LogP contribution is 2.14. The first-order valence-corrected chi connectivity index (χ1v) is 4.98. The van der Waals surface area contributed by atoms with E-state index in [1.54, 1.807) is 29.7 Å². The van der Waals surface area contributed by atoms with Gasteiger partial charge in [-0.25, -0.2) is 0 Å². The Kier molecular flexibility index (Phi) is 6.82. The van der Waals surface area contributed by atoms with E-state index in [0.29, 0.717) is 0 Å². The summed E-state index contributed by atoms with van der Waals surface area (Å²) in [4.78, 5) is 10.4. The minimum absolute atomic E-state index is 0.0833. The largest absolute Gasteiger partial charge is 0.549 e. The van der Waals surface area contributed by atoms with E-state index in [2.05, 4.69) is 16.9 Å². The van der Waals surface area contributed by atoms with Gasteiger partial charge in [-0.2, -0.15) is 0 Å². The molecule has 1 aliphatic heterocycles. The van der Waals surface area contributed by atoms with Crippen molar-refractivity contribution in [1.29, 1.82) is 0 Å². The van der Waals surface area contributed by atoms with Gasteiger partial charge in [0, 0.05) is 0 Å². The molecule has 15 heavy (non-hydrogen) atoms. The van der Waals surface area contributed by atoms with E-state index in [-0.39, 0.29) is 5.96 Å². The van der Waals surface area contributed by atoms with Gasteiger partial charge in [-0.1, -0.05) is 30.4 Å². The second kappa shape index (κ2) is 7.69. The van der Waals surface area contributed by atoms with Gasteiger partial charge in [-0.05, 0) is 5.41 Å². The Morgan fingerprint density at radius 2 is 1.80 bits per heavy atom. The van der Waals surface area contributed by atoms with E-state index in [0.717, 1.165) is 0 Å². The lowest BCUT2D eigenvalue weighted by Gasteiger charge is -2.10. The minimum Gasteiger partial charge on any atom is -0.549 e. The number of rotatable bonds is 1. The molecule has 1 unspecified atom stereocenters. The van der Waals surface area contributed by atoms with Gasteiger partial charge in [0.2, 0.25) is 0 Å². The smallest absolute Gasteiger partial charge is 0.336 e. The van der Waals surface area contributed by atoms with Crippen LogP contribution in [0.3, 0.4) is 0 Å². The topological polar surface area (TPSA) is 118 Å². The molecule has 5 nitrogen and oxygen atoms in total. The molecule has 0 aromatic heterocycles. The van der Waals surface area contributed by atoms with Gasteiger partial charge >= 0.3 is 5.96 Å². The Morgan fingerprint density at radius 1 is 1.27 bits per heavy atom. The van der Waals surface area contributed by atoms with Crippen LogP contribution in [-0.2, 0) is 4.79 Å². The number of allylic oxidation sites excluding steroid dienone is 4. The van der Waals surface area contributed by atoms with E-state index < -0.39 is 11.2 Å². The van der Waals surface area contributed by atoms with Gasteiger partial charge in [0.1, 0.15) is 0 Å². The number of carbonyl (C=O) groups is 1. The second-order valence-electron chi connectivity index (χ2n) is 2.47. The quantitative estimate of drug-likeness (QED) is 0.338. The summed E-state index contributed by atoms with van der Waals surface area (Å²) < 4.78 is 0. The van der Waals surface area contributed by atoms with E-state index in [1.807, 2.05) is 6.08 Å². The van der Waals surface area contributed by atoms with E-state index in [4.69, 9.17) is 0 Å². The van der Waals surface area contributed by atoms with Gasteiger partial charge in [-0.15, -0.1) is 11.8 Å². The van der Waals surface area contributed by atoms with E-state index in [9.17, 15) is 9.90 Å². The SMILES string of the molecule is NC(N)=[NH2+].O=C([O-])C1\C=C/C=C\C=C/S1. The molecule has 0 aromatic rings. The first-order chi connectivity index (χ1) is 7.04. The van der Waals surface area contributed by atoms with Crippen molar-refractivity contribution in [2.45, 2.75) is 5.25 Å². The van der Waals surface area contributed by atoms with Gasteiger partial charge in [0.25, 0.3) is 0 Å². The van der Waals surface area contributed by atoms with Gasteiger partial charge in [0.05, 0.1) is 11.2 Å². The summed E-state index contributed by atoms with van der Waals surface area (Å²) in [5.74, 6) is -1.13. The fourth-order valence-corrected chi connectivity index (χ4v) is 1.29. The van der Waals surface area contributed by atoms with Crippen molar-refractivity contribution in [3.8, 4) is 0 Å². The van der Waals surface area contributed by atoms with Crippen LogP contribution in [0.15, 0.2) is 35.8 Å². The Morgan fingerprint density at radius 3 is 2.33 bits per heavy atom. The monoisotopic (exact) mass is 227 g/mol. The molecule has 0 saturated carbocycles. The minimum atomic E-state index is -1.05. The maximum Gasteiger partial charge on any atom is 0.336 e. The average Bonchev–Trinajstić information content (AvgIpc) is 2.00. The number of guanidine groups is 1. The molecule has 0 spiro atoms. The predicted octanol–water partition coefficient (Wildman–Crippen LogP) is -2.50. The molecule has 0 aromatic carbocycles. The summed E-state index contributed by atoms with van der Waals surface area (Å²) in [6.07, 6.45) is 8.72. The molecule has 0 saturated heterocycles. The lowest BCUT2D eigenvalue weighted by atomic mass is 10.3. The molecule has 0 aliphatic carbocycles. The van der Waals surface area contributed by atoms with Gasteiger partial charge < -0.3 is 9.90 Å². The summed E-state index contributed by atoms with van der Waals surface area (Å²) in [6, 6.07) is 0. The average molecular weight is 227 g/mol. The third kappa shape index (κ3) is 8.63. The Bertz CT molecular complexity index is 306. The predicted molar refractivity (Wildman–Crippen MR) is 59.1 cm³/mol. The highest BCUT2D eigenvalue weighted by Gasteiger charge is 2.03. The van der Waals surface area contributed by atoms with Crippen LogP contribution in [0.5, 0.6) is 0 Å². The summed E-state index contributed by atoms with van der Waals surface area (Å²) in [6.45, 7) is 0. The van der Waals surface area contributed by atoms with Gasteiger partial charge in [-0.3, -0.25) is 16.9 Å². The van der Waals surface area contributed by atoms with Crippen LogP contribution >= 0.6 is 11.8 Å². The van der Waals surface area contributed by atoms with Crippen molar-refractivity contribution in [3.63, 3.8) is 0 Å². The van der Waals surface area contributed by atoms with Crippen molar-refractivity contribution in [1.82, 2.24) is 0 Å². The number of nitrogens with two attached hydrogens (primary N) is 3. The summed E-state index contributed by atoms with van der Waals surface area (Å²) in [5.41, 5.74) is 9.17. The number of hydrogen-bond donors (Lipinski definition) is 3. The third-order valence-corrected chi connectivity index (χ3v) is 2.11. The van der Waals surface area contributed by atoms with Crippen LogP contribution in [0.2, 0.25) is 0 Å². The van der Waals surface area contributed by atoms with E-state index >= 15 is 0 Å². The molecule has 1 atom stereocenters. The summed E-state index contributed by atoms with van der Waals surface area (Å²) >= 11 is 1.22. The molecule has 0 fully saturated rings. The van der Waals surface area contributed by atoms with Crippen molar-refractivity contribution in [3.05, 3.63) is 35.8 Å². The Labute approximate surface area is 92.0 Å². The summed E-state index contributed by atoms with van der Waals surface area (Å²) in [5, 5.41) is 16.1. The standard InChI is InChI=1S/C8H8O2S.CH5N3/c9-8(10)7-5-3-1-2-4-6-11-7;2-1(3)4/h1-7H,(H,9,10);(H5,2,3,4)/b2-1-,5-3-,6-4-;. The molecular weight excluding hydrogens is 214 g/mol. The normalized spacial score (nSPS) is 24.7. The molecule has 1 aliphatic rings. The number of carboxylic acids is 1. The zero-order valence-electron chi connectivity index (χ0n) is 8.00. The highest BCUT2D eigenvalue weighted by atomic mass is 32.2. The van der Waals surface area contributed by atoms with Crippen LogP contribution < -0.4 is 22.0 Å². The number of carbonyl (C=O) groups excluding carboxylic acids is 1. The number of carboxylic acid groups (broad SMARTS) is 1. The highest BCUT2D eigenvalue weighted by molar-refractivity contribution is 8.03. The Hall–Kier alpha value is -1.69. The summed E-state index contributed by atoms with van der Waals surface area (Å²) in [7, 11) is 0. The zero-order valence-corrected chi connectivity index (χ0v) is 8.81. The molecule has 1 rings (SSSR count). The first kappa shape index (κ1) is 13.3. The van der Waals surface area contributed by atoms with Crippen molar-refractivity contribution < 1.29 is 15.3 Å². The maximum atomic E-state index is 10.4. The van der Waals surface area contributed by atoms with Crippen LogP contribution in [0.4, 0.5) is 0 Å². The molecule has 0 bridgehead atoms.